The molecule has 0 saturated heterocycles. The van der Waals surface area contributed by atoms with Gasteiger partial charge in [0.25, 0.3) is 0 Å². The predicted molar refractivity (Wildman–Crippen MR) is 91.8 cm³/mol. The predicted octanol–water partition coefficient (Wildman–Crippen LogP) is 4.21. The van der Waals surface area contributed by atoms with Crippen LogP contribution in [0, 0.1) is 11.8 Å². The van der Waals surface area contributed by atoms with E-state index in [9.17, 15) is 9.59 Å². The number of para-hydroxylation sites is 1. The molecule has 0 heterocycles. The third-order valence-electron chi connectivity index (χ3n) is 3.71. The number of benzene rings is 2. The number of amides is 2. The quantitative estimate of drug-likeness (QED) is 0.869. The van der Waals surface area contributed by atoms with Gasteiger partial charge in [-0.25, -0.2) is 0 Å². The number of halogens is 2. The fourth-order valence-electron chi connectivity index (χ4n) is 2.36. The third kappa shape index (κ3) is 3.66. The van der Waals surface area contributed by atoms with E-state index in [2.05, 4.69) is 10.6 Å². The number of carbonyl (C=O) groups is 2. The van der Waals surface area contributed by atoms with Crippen LogP contribution in [0.2, 0.25) is 10.0 Å². The molecule has 1 fully saturated rings. The Hall–Kier alpha value is -2.04. The highest BCUT2D eigenvalue weighted by Crippen LogP contribution is 2.41. The maximum Gasteiger partial charge on any atom is 0.228 e. The van der Waals surface area contributed by atoms with Gasteiger partial charge in [0.15, 0.2) is 0 Å². The van der Waals surface area contributed by atoms with Crippen molar-refractivity contribution in [3.63, 3.8) is 0 Å². The summed E-state index contributed by atoms with van der Waals surface area (Å²) in [5, 5.41) is 6.21. The van der Waals surface area contributed by atoms with Gasteiger partial charge >= 0.3 is 0 Å². The van der Waals surface area contributed by atoms with Crippen LogP contribution in [0.4, 0.5) is 11.4 Å². The minimum atomic E-state index is -0.339. The van der Waals surface area contributed by atoms with Gasteiger partial charge in [-0.05, 0) is 30.7 Å². The Morgan fingerprint density at radius 1 is 0.870 bits per heavy atom. The van der Waals surface area contributed by atoms with Crippen molar-refractivity contribution >= 4 is 46.4 Å². The molecule has 0 radical (unpaired) electrons. The van der Waals surface area contributed by atoms with Crippen molar-refractivity contribution in [3.05, 3.63) is 58.6 Å². The molecule has 2 aromatic rings. The zero-order valence-corrected chi connectivity index (χ0v) is 13.6. The molecule has 1 saturated carbocycles. The Bertz CT molecular complexity index is 750. The standard InChI is InChI=1S/C17H14Cl2N2O2/c18-13-7-4-8-14(15(13)19)21-17(23)12-9-11(12)16(22)20-10-5-2-1-3-6-10/h1-8,11-12H,9H2,(H,20,22)(H,21,23). The van der Waals surface area contributed by atoms with Crippen molar-refractivity contribution in [1.82, 2.24) is 0 Å². The van der Waals surface area contributed by atoms with E-state index in [-0.39, 0.29) is 23.7 Å². The van der Waals surface area contributed by atoms with Gasteiger partial charge in [0.1, 0.15) is 0 Å². The van der Waals surface area contributed by atoms with E-state index in [4.69, 9.17) is 23.2 Å². The minimum absolute atomic E-state index is 0.145. The van der Waals surface area contributed by atoms with Crippen LogP contribution in [-0.4, -0.2) is 11.8 Å². The zero-order valence-electron chi connectivity index (χ0n) is 12.1. The number of hydrogen-bond acceptors (Lipinski definition) is 2. The van der Waals surface area contributed by atoms with Crippen LogP contribution in [-0.2, 0) is 9.59 Å². The van der Waals surface area contributed by atoms with Gasteiger partial charge in [-0.3, -0.25) is 9.59 Å². The van der Waals surface area contributed by atoms with E-state index in [1.54, 1.807) is 30.3 Å². The Kier molecular flexibility index (Phi) is 4.55. The molecule has 3 rings (SSSR count). The van der Waals surface area contributed by atoms with Gasteiger partial charge in [0.2, 0.25) is 11.8 Å². The van der Waals surface area contributed by atoms with E-state index in [1.807, 2.05) is 18.2 Å². The topological polar surface area (TPSA) is 58.2 Å². The fourth-order valence-corrected chi connectivity index (χ4v) is 2.70. The summed E-state index contributed by atoms with van der Waals surface area (Å²) in [4.78, 5) is 24.3. The first kappa shape index (κ1) is 15.8. The van der Waals surface area contributed by atoms with Crippen LogP contribution in [0.5, 0.6) is 0 Å². The molecule has 0 aromatic heterocycles. The van der Waals surface area contributed by atoms with Crippen molar-refractivity contribution in [3.8, 4) is 0 Å². The summed E-state index contributed by atoms with van der Waals surface area (Å²) in [6, 6.07) is 14.2. The van der Waals surface area contributed by atoms with Gasteiger partial charge in [-0.1, -0.05) is 47.5 Å². The van der Waals surface area contributed by atoms with E-state index < -0.39 is 0 Å². The largest absolute Gasteiger partial charge is 0.326 e. The van der Waals surface area contributed by atoms with Crippen LogP contribution in [0.1, 0.15) is 6.42 Å². The van der Waals surface area contributed by atoms with Crippen molar-refractivity contribution in [1.29, 1.82) is 0 Å². The van der Waals surface area contributed by atoms with Crippen LogP contribution < -0.4 is 10.6 Å². The van der Waals surface area contributed by atoms with E-state index >= 15 is 0 Å². The van der Waals surface area contributed by atoms with Gasteiger partial charge in [-0.2, -0.15) is 0 Å². The van der Waals surface area contributed by atoms with Crippen LogP contribution >= 0.6 is 23.2 Å². The van der Waals surface area contributed by atoms with E-state index in [0.29, 0.717) is 22.2 Å². The van der Waals surface area contributed by atoms with Crippen molar-refractivity contribution in [2.75, 3.05) is 10.6 Å². The molecule has 1 aliphatic rings. The van der Waals surface area contributed by atoms with E-state index in [0.717, 1.165) is 5.69 Å². The van der Waals surface area contributed by atoms with Crippen molar-refractivity contribution in [2.45, 2.75) is 6.42 Å². The summed E-state index contributed by atoms with van der Waals surface area (Å²) >= 11 is 12.0. The second kappa shape index (κ2) is 6.60. The highest BCUT2D eigenvalue weighted by Gasteiger charge is 2.48. The third-order valence-corrected chi connectivity index (χ3v) is 4.53. The second-order valence-electron chi connectivity index (χ2n) is 5.39. The first-order chi connectivity index (χ1) is 11.1. The number of carbonyl (C=O) groups excluding carboxylic acids is 2. The minimum Gasteiger partial charge on any atom is -0.326 e. The Balaban J connectivity index is 1.58. The summed E-state index contributed by atoms with van der Waals surface area (Å²) < 4.78 is 0. The smallest absolute Gasteiger partial charge is 0.228 e. The van der Waals surface area contributed by atoms with Gasteiger partial charge in [0.05, 0.1) is 27.6 Å². The number of rotatable bonds is 4. The molecule has 0 aliphatic heterocycles. The van der Waals surface area contributed by atoms with Crippen LogP contribution in [0.25, 0.3) is 0 Å². The molecule has 4 nitrogen and oxygen atoms in total. The summed E-state index contributed by atoms with van der Waals surface area (Å²) in [5.41, 5.74) is 1.18. The lowest BCUT2D eigenvalue weighted by Crippen LogP contribution is -2.20. The Morgan fingerprint density at radius 3 is 2.22 bits per heavy atom. The maximum atomic E-state index is 12.2. The normalized spacial score (nSPS) is 19.0. The first-order valence-electron chi connectivity index (χ1n) is 7.17. The average molecular weight is 349 g/mol. The number of nitrogens with one attached hydrogen (secondary N) is 2. The molecular formula is C17H14Cl2N2O2. The molecule has 2 N–H and O–H groups in total. The van der Waals surface area contributed by atoms with Gasteiger partial charge in [0, 0.05) is 5.69 Å². The lowest BCUT2D eigenvalue weighted by molar-refractivity contribution is -0.122. The van der Waals surface area contributed by atoms with E-state index in [1.165, 1.54) is 0 Å². The number of anilines is 2. The molecule has 118 valence electrons. The number of hydrogen-bond donors (Lipinski definition) is 2. The molecule has 0 spiro atoms. The summed E-state index contributed by atoms with van der Waals surface area (Å²) in [6.45, 7) is 0. The second-order valence-corrected chi connectivity index (χ2v) is 6.18. The molecule has 6 heteroatoms. The van der Waals surface area contributed by atoms with Gasteiger partial charge < -0.3 is 10.6 Å². The summed E-state index contributed by atoms with van der Waals surface area (Å²) in [5.74, 6) is -1.02. The molecule has 2 atom stereocenters. The Labute approximate surface area is 143 Å². The highest BCUT2D eigenvalue weighted by molar-refractivity contribution is 6.44. The molecule has 2 aromatic carbocycles. The molecule has 1 aliphatic carbocycles. The first-order valence-corrected chi connectivity index (χ1v) is 7.92. The average Bonchev–Trinajstić information content (AvgIpc) is 3.33. The molecule has 23 heavy (non-hydrogen) atoms. The molecule has 0 bridgehead atoms. The maximum absolute atomic E-state index is 12.2. The lowest BCUT2D eigenvalue weighted by Gasteiger charge is -2.08. The summed E-state index contributed by atoms with van der Waals surface area (Å²) in [7, 11) is 0. The van der Waals surface area contributed by atoms with Crippen molar-refractivity contribution in [2.24, 2.45) is 11.8 Å². The molecule has 2 amide bonds. The van der Waals surface area contributed by atoms with Crippen molar-refractivity contribution < 1.29 is 9.59 Å². The molecular weight excluding hydrogens is 335 g/mol. The fraction of sp³-hybridized carbons (Fsp3) is 0.176. The van der Waals surface area contributed by atoms with Crippen LogP contribution in [0.15, 0.2) is 48.5 Å². The monoisotopic (exact) mass is 348 g/mol. The summed E-state index contributed by atoms with van der Waals surface area (Å²) in [6.07, 6.45) is 0.530. The molecule has 2 unspecified atom stereocenters. The highest BCUT2D eigenvalue weighted by atomic mass is 35.5. The SMILES string of the molecule is O=C(Nc1ccccc1)C1CC1C(=O)Nc1cccc(Cl)c1Cl. The van der Waals surface area contributed by atoms with Gasteiger partial charge in [-0.15, -0.1) is 0 Å². The zero-order chi connectivity index (χ0) is 16.4. The Morgan fingerprint density at radius 2 is 1.52 bits per heavy atom. The van der Waals surface area contributed by atoms with Crippen LogP contribution in [0.3, 0.4) is 0 Å². The lowest BCUT2D eigenvalue weighted by atomic mass is 10.2.